The van der Waals surface area contributed by atoms with Gasteiger partial charge in [-0.15, -0.1) is 0 Å². The molecule has 1 aliphatic heterocycles. The molecule has 2 aromatic carbocycles. The highest BCUT2D eigenvalue weighted by atomic mass is 32.2. The van der Waals surface area contributed by atoms with E-state index in [1.807, 2.05) is 65.6 Å². The van der Waals surface area contributed by atoms with Gasteiger partial charge in [0, 0.05) is 55.2 Å². The summed E-state index contributed by atoms with van der Waals surface area (Å²) in [5, 5.41) is 2.08. The van der Waals surface area contributed by atoms with Crippen molar-refractivity contribution in [2.45, 2.75) is 5.16 Å². The third-order valence-electron chi connectivity index (χ3n) is 5.28. The molecule has 0 radical (unpaired) electrons. The van der Waals surface area contributed by atoms with E-state index in [1.54, 1.807) is 23.2 Å². The fourth-order valence-electron chi connectivity index (χ4n) is 3.57. The Morgan fingerprint density at radius 2 is 1.78 bits per heavy atom. The Balaban J connectivity index is 1.42. The van der Waals surface area contributed by atoms with E-state index in [2.05, 4.69) is 4.98 Å². The Labute approximate surface area is 192 Å². The average molecular weight is 469 g/mol. The fraction of sp³-hybridized carbons (Fsp3) is 0.217. The van der Waals surface area contributed by atoms with E-state index in [1.165, 1.54) is 21.5 Å². The number of benzene rings is 2. The molecule has 0 N–H and O–H groups in total. The molecule has 1 saturated heterocycles. The normalized spacial score (nSPS) is 15.3. The predicted molar refractivity (Wildman–Crippen MR) is 127 cm³/mol. The molecule has 1 aliphatic rings. The molecule has 0 spiro atoms. The van der Waals surface area contributed by atoms with Crippen molar-refractivity contribution in [1.29, 1.82) is 0 Å². The first-order valence-corrected chi connectivity index (χ1v) is 12.9. The Hall–Kier alpha value is -2.88. The summed E-state index contributed by atoms with van der Waals surface area (Å²) in [5.74, 6) is -0.102. The minimum absolute atomic E-state index is 0.102. The van der Waals surface area contributed by atoms with Gasteiger partial charge in [0.25, 0.3) is 5.91 Å². The maximum absolute atomic E-state index is 13.1. The first-order valence-electron chi connectivity index (χ1n) is 10.2. The van der Waals surface area contributed by atoms with Crippen LogP contribution in [0.25, 0.3) is 11.8 Å². The number of aromatic nitrogens is 2. The molecule has 0 aliphatic carbocycles. The molecular weight excluding hydrogens is 444 g/mol. The van der Waals surface area contributed by atoms with Gasteiger partial charge in [-0.05, 0) is 36.1 Å². The zero-order valence-electron chi connectivity index (χ0n) is 17.7. The summed E-state index contributed by atoms with van der Waals surface area (Å²) in [6.07, 6.45) is 7.14. The third-order valence-corrected chi connectivity index (χ3v) is 7.51. The first kappa shape index (κ1) is 22.3. The lowest BCUT2D eigenvalue weighted by Gasteiger charge is -2.33. The zero-order valence-corrected chi connectivity index (χ0v) is 19.3. The van der Waals surface area contributed by atoms with Crippen molar-refractivity contribution in [2.75, 3.05) is 32.4 Å². The lowest BCUT2D eigenvalue weighted by atomic mass is 10.1. The molecule has 1 aromatic heterocycles. The highest BCUT2D eigenvalue weighted by Crippen LogP contribution is 2.20. The van der Waals surface area contributed by atoms with Crippen LogP contribution in [0.2, 0.25) is 0 Å². The number of hydrogen-bond donors (Lipinski definition) is 0. The molecule has 0 atom stereocenters. The predicted octanol–water partition coefficient (Wildman–Crippen LogP) is 3.35. The van der Waals surface area contributed by atoms with E-state index >= 15 is 0 Å². The van der Waals surface area contributed by atoms with Crippen molar-refractivity contribution in [3.8, 4) is 5.69 Å². The summed E-state index contributed by atoms with van der Waals surface area (Å²) in [5.41, 5.74) is 2.26. The van der Waals surface area contributed by atoms with Gasteiger partial charge in [-0.3, -0.25) is 9.36 Å². The number of thioether (sulfide) groups is 1. The number of nitrogens with zero attached hydrogens (tertiary/aromatic N) is 4. The second kappa shape index (κ2) is 9.72. The first-order chi connectivity index (χ1) is 15.5. The SMILES string of the molecule is CSc1nccn1-c1cccc(C(=O)N2CCN(S(=O)(=O)/C=C/c3ccccc3)CC2)c1. The van der Waals surface area contributed by atoms with Gasteiger partial charge in [0.1, 0.15) is 0 Å². The summed E-state index contributed by atoms with van der Waals surface area (Å²) < 4.78 is 28.7. The number of carbonyl (C=O) groups is 1. The van der Waals surface area contributed by atoms with Crippen LogP contribution >= 0.6 is 11.8 Å². The maximum atomic E-state index is 13.1. The lowest BCUT2D eigenvalue weighted by Crippen LogP contribution is -2.50. The molecule has 32 heavy (non-hydrogen) atoms. The number of carbonyl (C=O) groups excluding carboxylic acids is 1. The van der Waals surface area contributed by atoms with Crippen LogP contribution in [0.5, 0.6) is 0 Å². The van der Waals surface area contributed by atoms with Crippen molar-refractivity contribution in [3.05, 3.63) is 83.5 Å². The summed E-state index contributed by atoms with van der Waals surface area (Å²) in [7, 11) is -3.54. The quantitative estimate of drug-likeness (QED) is 0.519. The van der Waals surface area contributed by atoms with E-state index in [0.717, 1.165) is 16.4 Å². The monoisotopic (exact) mass is 468 g/mol. The van der Waals surface area contributed by atoms with Crippen LogP contribution in [-0.2, 0) is 10.0 Å². The van der Waals surface area contributed by atoms with E-state index in [-0.39, 0.29) is 19.0 Å². The van der Waals surface area contributed by atoms with E-state index in [9.17, 15) is 13.2 Å². The number of rotatable bonds is 6. The fourth-order valence-corrected chi connectivity index (χ4v) is 5.27. The largest absolute Gasteiger partial charge is 0.336 e. The molecule has 0 bridgehead atoms. The molecule has 9 heteroatoms. The summed E-state index contributed by atoms with van der Waals surface area (Å²) in [6.45, 7) is 1.24. The summed E-state index contributed by atoms with van der Waals surface area (Å²) in [6, 6.07) is 16.7. The average Bonchev–Trinajstić information content (AvgIpc) is 3.32. The Bertz CT molecular complexity index is 1210. The van der Waals surface area contributed by atoms with Crippen molar-refractivity contribution < 1.29 is 13.2 Å². The molecule has 7 nitrogen and oxygen atoms in total. The smallest absolute Gasteiger partial charge is 0.254 e. The van der Waals surface area contributed by atoms with Crippen LogP contribution in [0.3, 0.4) is 0 Å². The highest BCUT2D eigenvalue weighted by molar-refractivity contribution is 7.98. The van der Waals surface area contributed by atoms with Gasteiger partial charge < -0.3 is 4.90 Å². The third kappa shape index (κ3) is 4.95. The van der Waals surface area contributed by atoms with Gasteiger partial charge in [0.2, 0.25) is 10.0 Å². The van der Waals surface area contributed by atoms with Crippen molar-refractivity contribution in [2.24, 2.45) is 0 Å². The Kier molecular flexibility index (Phi) is 6.78. The molecule has 0 saturated carbocycles. The minimum atomic E-state index is -3.54. The van der Waals surface area contributed by atoms with Crippen LogP contribution in [0, 0.1) is 0 Å². The number of imidazole rings is 1. The van der Waals surface area contributed by atoms with Crippen molar-refractivity contribution in [3.63, 3.8) is 0 Å². The van der Waals surface area contributed by atoms with E-state index < -0.39 is 10.0 Å². The zero-order chi connectivity index (χ0) is 22.6. The highest BCUT2D eigenvalue weighted by Gasteiger charge is 2.28. The van der Waals surface area contributed by atoms with Crippen LogP contribution in [-0.4, -0.2) is 65.5 Å². The van der Waals surface area contributed by atoms with Crippen molar-refractivity contribution in [1.82, 2.24) is 18.8 Å². The summed E-state index contributed by atoms with van der Waals surface area (Å²) >= 11 is 1.53. The molecule has 166 valence electrons. The Morgan fingerprint density at radius 1 is 1.03 bits per heavy atom. The second-order valence-corrected chi connectivity index (χ2v) is 9.88. The van der Waals surface area contributed by atoms with Gasteiger partial charge >= 0.3 is 0 Å². The van der Waals surface area contributed by atoms with Crippen LogP contribution < -0.4 is 0 Å². The number of hydrogen-bond acceptors (Lipinski definition) is 5. The number of piperazine rings is 1. The number of sulfonamides is 1. The minimum Gasteiger partial charge on any atom is -0.336 e. The van der Waals surface area contributed by atoms with Gasteiger partial charge in [-0.2, -0.15) is 4.31 Å². The molecule has 4 rings (SSSR count). The molecule has 2 heterocycles. The van der Waals surface area contributed by atoms with Crippen molar-refractivity contribution >= 4 is 33.8 Å². The van der Waals surface area contributed by atoms with Gasteiger partial charge in [0.05, 0.1) is 0 Å². The van der Waals surface area contributed by atoms with Crippen LogP contribution in [0.1, 0.15) is 15.9 Å². The standard InChI is InChI=1S/C23H24N4O3S2/c1-31-23-24-11-12-27(23)21-9-5-8-20(18-21)22(28)25-13-15-26(16-14-25)32(29,30)17-10-19-6-3-2-4-7-19/h2-12,17-18H,13-16H2,1H3/b17-10+. The van der Waals surface area contributed by atoms with Gasteiger partial charge in [-0.1, -0.05) is 48.2 Å². The van der Waals surface area contributed by atoms with Crippen LogP contribution in [0.15, 0.2) is 77.6 Å². The van der Waals surface area contributed by atoms with E-state index in [0.29, 0.717) is 18.7 Å². The Morgan fingerprint density at radius 3 is 2.50 bits per heavy atom. The van der Waals surface area contributed by atoms with Gasteiger partial charge in [-0.25, -0.2) is 13.4 Å². The second-order valence-electron chi connectivity index (χ2n) is 7.28. The molecule has 1 fully saturated rings. The molecular formula is C23H24N4O3S2. The molecule has 0 unspecified atom stereocenters. The van der Waals surface area contributed by atoms with E-state index in [4.69, 9.17) is 0 Å². The van der Waals surface area contributed by atoms with Crippen LogP contribution in [0.4, 0.5) is 0 Å². The molecule has 1 amide bonds. The maximum Gasteiger partial charge on any atom is 0.254 e. The summed E-state index contributed by atoms with van der Waals surface area (Å²) in [4.78, 5) is 19.1. The topological polar surface area (TPSA) is 75.5 Å². The lowest BCUT2D eigenvalue weighted by molar-refractivity contribution is 0.0698. The van der Waals surface area contributed by atoms with Gasteiger partial charge in [0.15, 0.2) is 5.16 Å². The molecule has 3 aromatic rings. The number of amides is 1.